The van der Waals surface area contributed by atoms with Crippen molar-refractivity contribution in [1.82, 2.24) is 0 Å². The molecule has 0 bridgehead atoms. The lowest BCUT2D eigenvalue weighted by Crippen LogP contribution is -2.03. The van der Waals surface area contributed by atoms with Gasteiger partial charge in [-0.1, -0.05) is 6.07 Å². The van der Waals surface area contributed by atoms with Crippen LogP contribution in [0.1, 0.15) is 5.56 Å². The van der Waals surface area contributed by atoms with Crippen LogP contribution in [0.15, 0.2) is 18.2 Å². The fourth-order valence-corrected chi connectivity index (χ4v) is 0.937. The van der Waals surface area contributed by atoms with Gasteiger partial charge < -0.3 is 16.6 Å². The number of carbonyl (C=O) groups is 1. The lowest BCUT2D eigenvalue weighted by atomic mass is 10.1. The summed E-state index contributed by atoms with van der Waals surface area (Å²) in [5.74, 6) is -0.897. The molecule has 4 nitrogen and oxygen atoms in total. The van der Waals surface area contributed by atoms with Gasteiger partial charge in [-0.3, -0.25) is 4.79 Å². The molecule has 0 atom stereocenters. The summed E-state index contributed by atoms with van der Waals surface area (Å²) in [6.45, 7) is 0. The third-order valence-electron chi connectivity index (χ3n) is 1.51. The van der Waals surface area contributed by atoms with Gasteiger partial charge in [0.25, 0.3) is 0 Å². The maximum atomic E-state index is 10.3. The molecule has 0 amide bonds. The summed E-state index contributed by atoms with van der Waals surface area (Å²) in [5, 5.41) is 8.47. The number of hydrogen-bond donors (Lipinski definition) is 3. The molecule has 12 heavy (non-hydrogen) atoms. The number of nitrogens with two attached hydrogens (primary N) is 2. The lowest BCUT2D eigenvalue weighted by molar-refractivity contribution is -0.136. The van der Waals surface area contributed by atoms with Gasteiger partial charge in [0, 0.05) is 11.4 Å². The van der Waals surface area contributed by atoms with Crippen LogP contribution in [-0.4, -0.2) is 11.1 Å². The zero-order chi connectivity index (χ0) is 9.14. The molecule has 5 N–H and O–H groups in total. The molecule has 0 aliphatic carbocycles. The van der Waals surface area contributed by atoms with Crippen molar-refractivity contribution in [2.45, 2.75) is 6.42 Å². The Kier molecular flexibility index (Phi) is 2.19. The molecule has 0 radical (unpaired) electrons. The van der Waals surface area contributed by atoms with Crippen molar-refractivity contribution in [3.8, 4) is 0 Å². The highest BCUT2D eigenvalue weighted by molar-refractivity contribution is 5.73. The van der Waals surface area contributed by atoms with E-state index in [0.29, 0.717) is 16.9 Å². The second-order valence-corrected chi connectivity index (χ2v) is 2.53. The van der Waals surface area contributed by atoms with E-state index in [4.69, 9.17) is 16.6 Å². The Bertz CT molecular complexity index is 310. The Morgan fingerprint density at radius 2 is 2.08 bits per heavy atom. The topological polar surface area (TPSA) is 89.3 Å². The highest BCUT2D eigenvalue weighted by atomic mass is 16.4. The Hall–Kier alpha value is -1.71. The monoisotopic (exact) mass is 166 g/mol. The molecular formula is C8H10N2O2. The van der Waals surface area contributed by atoms with Crippen LogP contribution in [0.25, 0.3) is 0 Å². The molecule has 1 aromatic carbocycles. The zero-order valence-corrected chi connectivity index (χ0v) is 6.45. The first-order chi connectivity index (χ1) is 5.59. The Morgan fingerprint density at radius 3 is 2.58 bits per heavy atom. The van der Waals surface area contributed by atoms with Crippen LogP contribution in [0.5, 0.6) is 0 Å². The Morgan fingerprint density at radius 1 is 1.42 bits per heavy atom. The van der Waals surface area contributed by atoms with E-state index in [-0.39, 0.29) is 6.42 Å². The minimum Gasteiger partial charge on any atom is -0.481 e. The number of nitrogen functional groups attached to an aromatic ring is 2. The van der Waals surface area contributed by atoms with Gasteiger partial charge in [0.05, 0.1) is 6.42 Å². The van der Waals surface area contributed by atoms with E-state index in [1.54, 1.807) is 18.2 Å². The number of aliphatic carboxylic acids is 1. The van der Waals surface area contributed by atoms with Crippen molar-refractivity contribution in [1.29, 1.82) is 0 Å². The second kappa shape index (κ2) is 3.13. The fraction of sp³-hybridized carbons (Fsp3) is 0.125. The van der Waals surface area contributed by atoms with Crippen molar-refractivity contribution in [3.05, 3.63) is 23.8 Å². The summed E-state index contributed by atoms with van der Waals surface area (Å²) in [6, 6.07) is 4.81. The molecular weight excluding hydrogens is 156 g/mol. The lowest BCUT2D eigenvalue weighted by Gasteiger charge is -2.02. The molecule has 0 aliphatic rings. The van der Waals surface area contributed by atoms with Gasteiger partial charge in [-0.05, 0) is 17.7 Å². The van der Waals surface area contributed by atoms with E-state index >= 15 is 0 Å². The first kappa shape index (κ1) is 8.39. The number of rotatable bonds is 2. The number of hydrogen-bond acceptors (Lipinski definition) is 3. The minimum atomic E-state index is -0.897. The van der Waals surface area contributed by atoms with Gasteiger partial charge in [0.2, 0.25) is 0 Å². The van der Waals surface area contributed by atoms with Crippen LogP contribution < -0.4 is 11.5 Å². The fourth-order valence-electron chi connectivity index (χ4n) is 0.937. The van der Waals surface area contributed by atoms with Crippen LogP contribution >= 0.6 is 0 Å². The molecule has 0 spiro atoms. The Labute approximate surface area is 69.8 Å². The highest BCUT2D eigenvalue weighted by Crippen LogP contribution is 2.15. The van der Waals surface area contributed by atoms with Gasteiger partial charge in [0.1, 0.15) is 0 Å². The van der Waals surface area contributed by atoms with Crippen LogP contribution in [0.2, 0.25) is 0 Å². The van der Waals surface area contributed by atoms with Gasteiger partial charge in [-0.15, -0.1) is 0 Å². The third-order valence-corrected chi connectivity index (χ3v) is 1.51. The summed E-state index contributed by atoms with van der Waals surface area (Å²) in [7, 11) is 0. The molecule has 0 aromatic heterocycles. The van der Waals surface area contributed by atoms with Crippen molar-refractivity contribution in [3.63, 3.8) is 0 Å². The number of carboxylic acids is 1. The SMILES string of the molecule is Nc1ccc(CC(=O)O)c(N)c1. The molecule has 0 heterocycles. The first-order valence-corrected chi connectivity index (χ1v) is 3.45. The van der Waals surface area contributed by atoms with Crippen molar-refractivity contribution in [2.24, 2.45) is 0 Å². The molecule has 0 aliphatic heterocycles. The molecule has 1 rings (SSSR count). The molecule has 0 saturated heterocycles. The summed E-state index contributed by atoms with van der Waals surface area (Å²) >= 11 is 0. The predicted molar refractivity (Wildman–Crippen MR) is 46.6 cm³/mol. The van der Waals surface area contributed by atoms with Crippen LogP contribution in [0.3, 0.4) is 0 Å². The van der Waals surface area contributed by atoms with Gasteiger partial charge in [-0.25, -0.2) is 0 Å². The van der Waals surface area contributed by atoms with E-state index in [2.05, 4.69) is 0 Å². The van der Waals surface area contributed by atoms with Crippen LogP contribution in [-0.2, 0) is 11.2 Å². The summed E-state index contributed by atoms with van der Waals surface area (Å²) < 4.78 is 0. The third kappa shape index (κ3) is 1.88. The number of benzene rings is 1. The van der Waals surface area contributed by atoms with Crippen molar-refractivity contribution >= 4 is 17.3 Å². The number of anilines is 2. The standard InChI is InChI=1S/C8H10N2O2/c9-6-2-1-5(3-8(11)12)7(10)4-6/h1-2,4H,3,9-10H2,(H,11,12). The molecule has 1 aromatic rings. The summed E-state index contributed by atoms with van der Waals surface area (Å²) in [6.07, 6.45) is -0.0634. The largest absolute Gasteiger partial charge is 0.481 e. The van der Waals surface area contributed by atoms with Crippen LogP contribution in [0, 0.1) is 0 Å². The average Bonchev–Trinajstić information content (AvgIpc) is 1.94. The quantitative estimate of drug-likeness (QED) is 0.557. The molecule has 64 valence electrons. The van der Waals surface area contributed by atoms with Gasteiger partial charge in [-0.2, -0.15) is 0 Å². The maximum absolute atomic E-state index is 10.3. The zero-order valence-electron chi connectivity index (χ0n) is 6.45. The Balaban J connectivity index is 2.93. The predicted octanol–water partition coefficient (Wildman–Crippen LogP) is 0.478. The van der Waals surface area contributed by atoms with Crippen LogP contribution in [0.4, 0.5) is 11.4 Å². The maximum Gasteiger partial charge on any atom is 0.307 e. The van der Waals surface area contributed by atoms with E-state index < -0.39 is 5.97 Å². The summed E-state index contributed by atoms with van der Waals surface area (Å²) in [4.78, 5) is 10.3. The van der Waals surface area contributed by atoms with Gasteiger partial charge in [0.15, 0.2) is 0 Å². The molecule has 0 unspecified atom stereocenters. The first-order valence-electron chi connectivity index (χ1n) is 3.45. The molecule has 0 saturated carbocycles. The number of carboxylic acid groups (broad SMARTS) is 1. The second-order valence-electron chi connectivity index (χ2n) is 2.53. The normalized spacial score (nSPS) is 9.67. The van der Waals surface area contributed by atoms with E-state index in [9.17, 15) is 4.79 Å². The summed E-state index contributed by atoms with van der Waals surface area (Å²) in [5.41, 5.74) is 12.5. The van der Waals surface area contributed by atoms with Gasteiger partial charge >= 0.3 is 5.97 Å². The average molecular weight is 166 g/mol. The molecule has 4 heteroatoms. The van der Waals surface area contributed by atoms with E-state index in [1.165, 1.54) is 0 Å². The van der Waals surface area contributed by atoms with Crippen molar-refractivity contribution < 1.29 is 9.90 Å². The minimum absolute atomic E-state index is 0.0634. The van der Waals surface area contributed by atoms with Crippen molar-refractivity contribution in [2.75, 3.05) is 11.5 Å². The van der Waals surface area contributed by atoms with E-state index in [0.717, 1.165) is 0 Å². The van der Waals surface area contributed by atoms with E-state index in [1.807, 2.05) is 0 Å². The highest BCUT2D eigenvalue weighted by Gasteiger charge is 2.03. The smallest absolute Gasteiger partial charge is 0.307 e. The molecule has 0 fully saturated rings.